The highest BCUT2D eigenvalue weighted by molar-refractivity contribution is 5.89. The Morgan fingerprint density at radius 1 is 1.10 bits per heavy atom. The number of aromatic amines is 1. The first-order chi connectivity index (χ1) is 14.5. The Kier molecular flexibility index (Phi) is 5.34. The van der Waals surface area contributed by atoms with Gasteiger partial charge in [-0.25, -0.2) is 9.18 Å². The average molecular weight is 405 g/mol. The van der Waals surface area contributed by atoms with Crippen LogP contribution < -0.4 is 10.9 Å². The molecule has 4 rings (SSSR count). The lowest BCUT2D eigenvalue weighted by molar-refractivity contribution is 0.201. The van der Waals surface area contributed by atoms with Gasteiger partial charge in [-0.1, -0.05) is 30.3 Å². The van der Waals surface area contributed by atoms with Gasteiger partial charge >= 0.3 is 6.03 Å². The highest BCUT2D eigenvalue weighted by atomic mass is 19.1. The van der Waals surface area contributed by atoms with E-state index in [1.807, 2.05) is 25.1 Å². The second-order valence-electron chi connectivity index (χ2n) is 7.01. The summed E-state index contributed by atoms with van der Waals surface area (Å²) in [6.45, 7) is 2.07. The molecule has 2 heterocycles. The third-order valence-corrected chi connectivity index (χ3v) is 4.86. The van der Waals surface area contributed by atoms with Crippen molar-refractivity contribution in [2.75, 3.05) is 5.32 Å². The Balaban J connectivity index is 1.65. The second kappa shape index (κ2) is 8.24. The molecule has 0 fully saturated rings. The van der Waals surface area contributed by atoms with Crippen LogP contribution in [0.25, 0.3) is 10.9 Å². The van der Waals surface area contributed by atoms with E-state index in [1.165, 1.54) is 23.3 Å². The molecule has 0 saturated carbocycles. The van der Waals surface area contributed by atoms with Crippen molar-refractivity contribution in [2.45, 2.75) is 20.0 Å². The summed E-state index contributed by atoms with van der Waals surface area (Å²) in [6, 6.07) is 16.3. The fourth-order valence-corrected chi connectivity index (χ4v) is 3.30. The van der Waals surface area contributed by atoms with Gasteiger partial charge in [0.1, 0.15) is 11.6 Å². The van der Waals surface area contributed by atoms with Crippen LogP contribution in [0.1, 0.15) is 16.9 Å². The van der Waals surface area contributed by atoms with E-state index in [-0.39, 0.29) is 24.3 Å². The first-order valence-corrected chi connectivity index (χ1v) is 9.45. The quantitative estimate of drug-likeness (QED) is 0.500. The minimum Gasteiger partial charge on any atom is -0.467 e. The van der Waals surface area contributed by atoms with Crippen molar-refractivity contribution in [1.29, 1.82) is 0 Å². The van der Waals surface area contributed by atoms with Gasteiger partial charge in [-0.3, -0.25) is 4.79 Å². The number of urea groups is 1. The number of amides is 2. The molecule has 0 unspecified atom stereocenters. The summed E-state index contributed by atoms with van der Waals surface area (Å²) < 4.78 is 19.3. The van der Waals surface area contributed by atoms with Crippen LogP contribution in [0.3, 0.4) is 0 Å². The molecule has 30 heavy (non-hydrogen) atoms. The van der Waals surface area contributed by atoms with Gasteiger partial charge in [0.05, 0.1) is 30.6 Å². The van der Waals surface area contributed by atoms with Crippen LogP contribution in [0.4, 0.5) is 14.9 Å². The molecule has 2 aromatic heterocycles. The predicted molar refractivity (Wildman–Crippen MR) is 113 cm³/mol. The molecular formula is C23H20FN3O3. The molecule has 0 aliphatic carbocycles. The summed E-state index contributed by atoms with van der Waals surface area (Å²) in [5, 5.41) is 3.44. The van der Waals surface area contributed by atoms with E-state index in [9.17, 15) is 14.0 Å². The Hall–Kier alpha value is -3.87. The van der Waals surface area contributed by atoms with Crippen LogP contribution in [-0.4, -0.2) is 15.9 Å². The van der Waals surface area contributed by atoms with Crippen molar-refractivity contribution in [2.24, 2.45) is 0 Å². The second-order valence-corrected chi connectivity index (χ2v) is 7.01. The number of rotatable bonds is 5. The van der Waals surface area contributed by atoms with E-state index in [2.05, 4.69) is 10.3 Å². The third kappa shape index (κ3) is 4.10. The highest BCUT2D eigenvalue weighted by Crippen LogP contribution is 2.18. The average Bonchev–Trinajstić information content (AvgIpc) is 3.24. The summed E-state index contributed by atoms with van der Waals surface area (Å²) in [4.78, 5) is 29.9. The zero-order valence-corrected chi connectivity index (χ0v) is 16.3. The van der Waals surface area contributed by atoms with Gasteiger partial charge < -0.3 is 19.6 Å². The molecule has 0 saturated heterocycles. The lowest BCUT2D eigenvalue weighted by Crippen LogP contribution is -2.35. The van der Waals surface area contributed by atoms with E-state index in [4.69, 9.17) is 4.42 Å². The Morgan fingerprint density at radius 3 is 2.70 bits per heavy atom. The Labute approximate surface area is 171 Å². The van der Waals surface area contributed by atoms with Crippen molar-refractivity contribution in [1.82, 2.24) is 9.88 Å². The number of anilines is 1. The van der Waals surface area contributed by atoms with Gasteiger partial charge in [-0.2, -0.15) is 0 Å². The smallest absolute Gasteiger partial charge is 0.322 e. The predicted octanol–water partition coefficient (Wildman–Crippen LogP) is 4.80. The zero-order chi connectivity index (χ0) is 21.1. The minimum atomic E-state index is -0.541. The van der Waals surface area contributed by atoms with Gasteiger partial charge in [0.2, 0.25) is 0 Å². The molecule has 2 N–H and O–H groups in total. The van der Waals surface area contributed by atoms with E-state index in [0.29, 0.717) is 11.3 Å². The first kappa shape index (κ1) is 19.4. The number of hydrogen-bond acceptors (Lipinski definition) is 3. The molecule has 2 aromatic carbocycles. The number of benzene rings is 2. The molecule has 0 radical (unpaired) electrons. The normalized spacial score (nSPS) is 10.9. The molecule has 152 valence electrons. The van der Waals surface area contributed by atoms with Crippen LogP contribution >= 0.6 is 0 Å². The summed E-state index contributed by atoms with van der Waals surface area (Å²) in [6.07, 6.45) is 1.51. The van der Waals surface area contributed by atoms with Crippen molar-refractivity contribution < 1.29 is 13.6 Å². The number of furan rings is 1. The molecule has 0 aliphatic heterocycles. The Bertz CT molecular complexity index is 1250. The van der Waals surface area contributed by atoms with Crippen LogP contribution in [-0.2, 0) is 13.1 Å². The minimum absolute atomic E-state index is 0.0280. The molecule has 0 atom stereocenters. The first-order valence-electron chi connectivity index (χ1n) is 9.45. The van der Waals surface area contributed by atoms with Gasteiger partial charge in [0.25, 0.3) is 5.56 Å². The summed E-state index contributed by atoms with van der Waals surface area (Å²) in [7, 11) is 0. The zero-order valence-electron chi connectivity index (χ0n) is 16.3. The molecule has 6 nitrogen and oxygen atoms in total. The van der Waals surface area contributed by atoms with Crippen LogP contribution in [0.5, 0.6) is 0 Å². The standard InChI is InChI=1S/C23H20FN3O3/c1-15-6-4-7-16-12-17(22(28)26-21(15)16)13-27(14-18-8-5-11-30-18)23(29)25-20-10-3-2-9-19(20)24/h2-12H,13-14H2,1H3,(H,25,29)(H,26,28). The van der Waals surface area contributed by atoms with Crippen molar-refractivity contribution in [3.63, 3.8) is 0 Å². The monoisotopic (exact) mass is 405 g/mol. The number of para-hydroxylation sites is 2. The maximum absolute atomic E-state index is 14.0. The number of halogens is 1. The van der Waals surface area contributed by atoms with Crippen LogP contribution in [0.15, 0.2) is 76.1 Å². The molecular weight excluding hydrogens is 385 g/mol. The van der Waals surface area contributed by atoms with E-state index in [1.54, 1.807) is 30.3 Å². The summed E-state index contributed by atoms with van der Waals surface area (Å²) in [5.74, 6) is 0.00886. The summed E-state index contributed by atoms with van der Waals surface area (Å²) >= 11 is 0. The van der Waals surface area contributed by atoms with Crippen LogP contribution in [0.2, 0.25) is 0 Å². The third-order valence-electron chi connectivity index (χ3n) is 4.86. The van der Waals surface area contributed by atoms with E-state index < -0.39 is 11.8 Å². The molecule has 0 aliphatic rings. The number of nitrogens with one attached hydrogen (secondary N) is 2. The van der Waals surface area contributed by atoms with Gasteiger partial charge in [-0.05, 0) is 48.2 Å². The number of hydrogen-bond donors (Lipinski definition) is 2. The number of H-pyrrole nitrogens is 1. The van der Waals surface area contributed by atoms with E-state index in [0.717, 1.165) is 16.5 Å². The van der Waals surface area contributed by atoms with Gasteiger partial charge in [0.15, 0.2) is 0 Å². The Morgan fingerprint density at radius 2 is 1.93 bits per heavy atom. The van der Waals surface area contributed by atoms with Crippen molar-refractivity contribution in [3.05, 3.63) is 100.0 Å². The summed E-state index contributed by atoms with van der Waals surface area (Å²) in [5.41, 5.74) is 1.93. The molecule has 0 spiro atoms. The van der Waals surface area contributed by atoms with Crippen LogP contribution in [0, 0.1) is 12.7 Å². The highest BCUT2D eigenvalue weighted by Gasteiger charge is 2.19. The number of aryl methyl sites for hydroxylation is 1. The topological polar surface area (TPSA) is 78.3 Å². The molecule has 7 heteroatoms. The van der Waals surface area contributed by atoms with Crippen molar-refractivity contribution in [3.8, 4) is 0 Å². The number of carbonyl (C=O) groups is 1. The number of pyridine rings is 1. The van der Waals surface area contributed by atoms with Gasteiger partial charge in [0, 0.05) is 5.56 Å². The maximum Gasteiger partial charge on any atom is 0.322 e. The fourth-order valence-electron chi connectivity index (χ4n) is 3.30. The molecule has 0 bridgehead atoms. The molecule has 4 aromatic rings. The number of aromatic nitrogens is 1. The number of nitrogens with zero attached hydrogens (tertiary/aromatic N) is 1. The maximum atomic E-state index is 14.0. The van der Waals surface area contributed by atoms with Gasteiger partial charge in [-0.15, -0.1) is 0 Å². The fraction of sp³-hybridized carbons (Fsp3) is 0.130. The largest absolute Gasteiger partial charge is 0.467 e. The van der Waals surface area contributed by atoms with Crippen molar-refractivity contribution >= 4 is 22.6 Å². The number of carbonyl (C=O) groups excluding carboxylic acids is 1. The van der Waals surface area contributed by atoms with E-state index >= 15 is 0 Å². The lowest BCUT2D eigenvalue weighted by atomic mass is 10.1. The SMILES string of the molecule is Cc1cccc2cc(CN(Cc3ccco3)C(=O)Nc3ccccc3F)c(=O)[nH]c12. The lowest BCUT2D eigenvalue weighted by Gasteiger charge is -2.22. The molecule has 2 amide bonds. The number of fused-ring (bicyclic) bond motifs is 1.